The van der Waals surface area contributed by atoms with Crippen molar-refractivity contribution in [3.8, 4) is 11.3 Å². The molecule has 2 N–H and O–H groups in total. The lowest BCUT2D eigenvalue weighted by molar-refractivity contribution is 0.0997. The number of benzene rings is 1. The van der Waals surface area contributed by atoms with Crippen molar-refractivity contribution in [2.45, 2.75) is 6.92 Å². The number of amides is 1. The van der Waals surface area contributed by atoms with E-state index in [2.05, 4.69) is 8.75 Å². The summed E-state index contributed by atoms with van der Waals surface area (Å²) in [6.07, 6.45) is 0. The van der Waals surface area contributed by atoms with Gasteiger partial charge in [0.15, 0.2) is 5.69 Å². The normalized spacial score (nSPS) is 10.2. The molecular weight excluding hydrogens is 210 g/mol. The van der Waals surface area contributed by atoms with Crippen LogP contribution in [0.25, 0.3) is 11.3 Å². The molecule has 1 aromatic carbocycles. The van der Waals surface area contributed by atoms with E-state index in [0.29, 0.717) is 5.69 Å². The first-order valence-electron chi connectivity index (χ1n) is 4.38. The molecule has 1 amide bonds. The molecule has 0 fully saturated rings. The van der Waals surface area contributed by atoms with Crippen LogP contribution < -0.4 is 5.73 Å². The van der Waals surface area contributed by atoms with Gasteiger partial charge in [0.1, 0.15) is 5.69 Å². The first-order valence-corrected chi connectivity index (χ1v) is 5.11. The summed E-state index contributed by atoms with van der Waals surface area (Å²) in [6, 6.07) is 7.72. The van der Waals surface area contributed by atoms with Gasteiger partial charge in [-0.3, -0.25) is 4.79 Å². The molecule has 2 aromatic rings. The zero-order valence-electron chi connectivity index (χ0n) is 8.10. The zero-order valence-corrected chi connectivity index (χ0v) is 8.91. The Hall–Kier alpha value is -1.75. The second kappa shape index (κ2) is 3.78. The van der Waals surface area contributed by atoms with Gasteiger partial charge in [0.05, 0.1) is 11.7 Å². The fourth-order valence-corrected chi connectivity index (χ4v) is 1.82. The topological polar surface area (TPSA) is 68.9 Å². The Morgan fingerprint density at radius 1 is 1.27 bits per heavy atom. The van der Waals surface area contributed by atoms with Crippen LogP contribution in [0.3, 0.4) is 0 Å². The first-order chi connectivity index (χ1) is 7.18. The highest BCUT2D eigenvalue weighted by Crippen LogP contribution is 2.21. The Balaban J connectivity index is 2.49. The van der Waals surface area contributed by atoms with Crippen molar-refractivity contribution in [1.29, 1.82) is 0 Å². The molecule has 0 saturated carbocycles. The first kappa shape index (κ1) is 9.79. The van der Waals surface area contributed by atoms with Crippen LogP contribution >= 0.6 is 11.7 Å². The van der Waals surface area contributed by atoms with Gasteiger partial charge in [0, 0.05) is 5.56 Å². The Labute approximate surface area is 91.1 Å². The molecule has 0 aliphatic carbocycles. The lowest BCUT2D eigenvalue weighted by Crippen LogP contribution is -2.12. The number of carbonyl (C=O) groups excluding carboxylic acids is 1. The van der Waals surface area contributed by atoms with Crippen molar-refractivity contribution in [2.75, 3.05) is 0 Å². The molecule has 0 unspecified atom stereocenters. The summed E-state index contributed by atoms with van der Waals surface area (Å²) in [4.78, 5) is 11.0. The summed E-state index contributed by atoms with van der Waals surface area (Å²) < 4.78 is 7.94. The van der Waals surface area contributed by atoms with Crippen molar-refractivity contribution in [1.82, 2.24) is 8.75 Å². The Kier molecular flexibility index (Phi) is 2.47. The van der Waals surface area contributed by atoms with E-state index in [1.165, 1.54) is 0 Å². The van der Waals surface area contributed by atoms with Crippen LogP contribution in [-0.4, -0.2) is 14.7 Å². The average Bonchev–Trinajstić information content (AvgIpc) is 2.67. The minimum Gasteiger partial charge on any atom is -0.364 e. The maximum atomic E-state index is 11.0. The molecule has 0 aliphatic rings. The van der Waals surface area contributed by atoms with Crippen molar-refractivity contribution < 1.29 is 4.79 Å². The maximum absolute atomic E-state index is 11.0. The number of nitrogens with zero attached hydrogens (tertiary/aromatic N) is 2. The molecule has 2 rings (SSSR count). The number of rotatable bonds is 2. The molecule has 0 radical (unpaired) electrons. The summed E-state index contributed by atoms with van der Waals surface area (Å²) in [5, 5.41) is 0. The number of hydrogen-bond acceptors (Lipinski definition) is 4. The quantitative estimate of drug-likeness (QED) is 0.834. The smallest absolute Gasteiger partial charge is 0.270 e. The van der Waals surface area contributed by atoms with Crippen molar-refractivity contribution in [3.05, 3.63) is 35.5 Å². The van der Waals surface area contributed by atoms with E-state index in [1.807, 2.05) is 31.2 Å². The minimum absolute atomic E-state index is 0.240. The highest BCUT2D eigenvalue weighted by atomic mass is 32.1. The standard InChI is InChI=1S/C10H9N3OS/c1-6-2-4-7(5-3-6)8-9(10(11)14)13-15-12-8/h2-5H,1H3,(H2,11,14). The fraction of sp³-hybridized carbons (Fsp3) is 0.100. The molecule has 0 saturated heterocycles. The van der Waals surface area contributed by atoms with Gasteiger partial charge in [-0.05, 0) is 6.92 Å². The van der Waals surface area contributed by atoms with E-state index in [9.17, 15) is 4.79 Å². The van der Waals surface area contributed by atoms with E-state index >= 15 is 0 Å². The molecule has 15 heavy (non-hydrogen) atoms. The van der Waals surface area contributed by atoms with E-state index in [4.69, 9.17) is 5.73 Å². The minimum atomic E-state index is -0.542. The molecule has 4 nitrogen and oxygen atoms in total. The molecule has 1 heterocycles. The van der Waals surface area contributed by atoms with Gasteiger partial charge in [0.2, 0.25) is 0 Å². The third-order valence-corrected chi connectivity index (χ3v) is 2.58. The number of aryl methyl sites for hydroxylation is 1. The van der Waals surface area contributed by atoms with Crippen LogP contribution in [0, 0.1) is 6.92 Å². The number of hydrogen-bond donors (Lipinski definition) is 1. The van der Waals surface area contributed by atoms with E-state index in [0.717, 1.165) is 22.9 Å². The lowest BCUT2D eigenvalue weighted by atomic mass is 10.1. The summed E-state index contributed by atoms with van der Waals surface area (Å²) in [5.74, 6) is -0.542. The van der Waals surface area contributed by atoms with Gasteiger partial charge in [-0.25, -0.2) is 0 Å². The van der Waals surface area contributed by atoms with E-state index < -0.39 is 5.91 Å². The van der Waals surface area contributed by atoms with E-state index in [-0.39, 0.29) is 5.69 Å². The average molecular weight is 219 g/mol. The van der Waals surface area contributed by atoms with Gasteiger partial charge in [-0.1, -0.05) is 29.8 Å². The predicted molar refractivity (Wildman–Crippen MR) is 58.6 cm³/mol. The van der Waals surface area contributed by atoms with Gasteiger partial charge in [-0.15, -0.1) is 0 Å². The maximum Gasteiger partial charge on any atom is 0.270 e. The van der Waals surface area contributed by atoms with Crippen molar-refractivity contribution >= 4 is 17.6 Å². The summed E-state index contributed by atoms with van der Waals surface area (Å²) >= 11 is 0.993. The molecule has 1 aromatic heterocycles. The van der Waals surface area contributed by atoms with E-state index in [1.54, 1.807) is 0 Å². The van der Waals surface area contributed by atoms with Gasteiger partial charge < -0.3 is 5.73 Å². The molecular formula is C10H9N3OS. The lowest BCUT2D eigenvalue weighted by Gasteiger charge is -1.98. The zero-order chi connectivity index (χ0) is 10.8. The highest BCUT2D eigenvalue weighted by Gasteiger charge is 2.14. The largest absolute Gasteiger partial charge is 0.364 e. The van der Waals surface area contributed by atoms with Crippen LogP contribution in [-0.2, 0) is 0 Å². The molecule has 76 valence electrons. The monoisotopic (exact) mass is 219 g/mol. The molecule has 0 spiro atoms. The SMILES string of the molecule is Cc1ccc(-c2nsnc2C(N)=O)cc1. The van der Waals surface area contributed by atoms with Gasteiger partial charge in [0.25, 0.3) is 5.91 Å². The molecule has 0 atom stereocenters. The third-order valence-electron chi connectivity index (χ3n) is 2.05. The second-order valence-corrected chi connectivity index (χ2v) is 3.72. The van der Waals surface area contributed by atoms with Crippen molar-refractivity contribution in [3.63, 3.8) is 0 Å². The van der Waals surface area contributed by atoms with Crippen LogP contribution in [0.2, 0.25) is 0 Å². The Bertz CT molecular complexity index is 490. The fourth-order valence-electron chi connectivity index (χ4n) is 1.25. The number of primary amides is 1. The van der Waals surface area contributed by atoms with Gasteiger partial charge >= 0.3 is 0 Å². The molecule has 5 heteroatoms. The third kappa shape index (κ3) is 1.87. The summed E-state index contributed by atoms with van der Waals surface area (Å²) in [5.41, 5.74) is 8.01. The van der Waals surface area contributed by atoms with Crippen molar-refractivity contribution in [2.24, 2.45) is 5.73 Å². The van der Waals surface area contributed by atoms with Crippen LogP contribution in [0.4, 0.5) is 0 Å². The molecule has 0 bridgehead atoms. The highest BCUT2D eigenvalue weighted by molar-refractivity contribution is 6.99. The number of aromatic nitrogens is 2. The Morgan fingerprint density at radius 3 is 2.53 bits per heavy atom. The van der Waals surface area contributed by atoms with Crippen LogP contribution in [0.5, 0.6) is 0 Å². The van der Waals surface area contributed by atoms with Gasteiger partial charge in [-0.2, -0.15) is 8.75 Å². The van der Waals surface area contributed by atoms with Crippen LogP contribution in [0.1, 0.15) is 16.1 Å². The molecule has 0 aliphatic heterocycles. The Morgan fingerprint density at radius 2 is 1.93 bits per heavy atom. The number of nitrogens with two attached hydrogens (primary N) is 1. The second-order valence-electron chi connectivity index (χ2n) is 3.19. The summed E-state index contributed by atoms with van der Waals surface area (Å²) in [6.45, 7) is 2.00. The predicted octanol–water partition coefficient (Wildman–Crippen LogP) is 1.61. The number of carbonyl (C=O) groups is 1. The summed E-state index contributed by atoms with van der Waals surface area (Å²) in [7, 11) is 0. The van der Waals surface area contributed by atoms with Crippen LogP contribution in [0.15, 0.2) is 24.3 Å².